The quantitative estimate of drug-likeness (QED) is 0.624. The Morgan fingerprint density at radius 2 is 2.29 bits per heavy atom. The minimum Gasteiger partial charge on any atom is -0.394 e. The molecular weight excluding hydrogens is 288 g/mol. The van der Waals surface area contributed by atoms with E-state index < -0.39 is 0 Å². The fourth-order valence-corrected chi connectivity index (χ4v) is 1.49. The first-order chi connectivity index (χ1) is 8.27. The Kier molecular flexibility index (Phi) is 6.83. The van der Waals surface area contributed by atoms with Crippen LogP contribution in [0.3, 0.4) is 0 Å². The zero-order valence-electron chi connectivity index (χ0n) is 9.74. The standard InChI is InChI=1S/C10H17BrN4O2/c1-12-10-14-7-8(11)9(15-10)13-3-2-5-17-6-4-16/h7,16H,2-6H2,1H3,(H2,12,13,14,15). The van der Waals surface area contributed by atoms with Gasteiger partial charge in [0.05, 0.1) is 17.7 Å². The van der Waals surface area contributed by atoms with E-state index in [1.165, 1.54) is 0 Å². The summed E-state index contributed by atoms with van der Waals surface area (Å²) in [5, 5.41) is 14.6. The molecule has 0 aliphatic rings. The predicted molar refractivity (Wildman–Crippen MR) is 70.3 cm³/mol. The number of ether oxygens (including phenoxy) is 1. The predicted octanol–water partition coefficient (Wildman–Crippen LogP) is 1.09. The van der Waals surface area contributed by atoms with Gasteiger partial charge in [0.1, 0.15) is 5.82 Å². The summed E-state index contributed by atoms with van der Waals surface area (Å²) in [6, 6.07) is 0. The maximum Gasteiger partial charge on any atom is 0.224 e. The number of aromatic nitrogens is 2. The molecule has 1 heterocycles. The zero-order chi connectivity index (χ0) is 12.5. The van der Waals surface area contributed by atoms with E-state index in [-0.39, 0.29) is 6.61 Å². The molecule has 1 aromatic rings. The highest BCUT2D eigenvalue weighted by Crippen LogP contribution is 2.19. The maximum absolute atomic E-state index is 8.52. The van der Waals surface area contributed by atoms with E-state index in [2.05, 4.69) is 36.5 Å². The van der Waals surface area contributed by atoms with Crippen molar-refractivity contribution in [2.24, 2.45) is 0 Å². The van der Waals surface area contributed by atoms with E-state index in [1.54, 1.807) is 13.2 Å². The van der Waals surface area contributed by atoms with Crippen LogP contribution in [0, 0.1) is 0 Å². The van der Waals surface area contributed by atoms with Gasteiger partial charge in [-0.1, -0.05) is 0 Å². The molecule has 6 nitrogen and oxygen atoms in total. The van der Waals surface area contributed by atoms with Crippen LogP contribution in [0.5, 0.6) is 0 Å². The van der Waals surface area contributed by atoms with Crippen LogP contribution in [0.1, 0.15) is 6.42 Å². The van der Waals surface area contributed by atoms with Crippen molar-refractivity contribution in [1.82, 2.24) is 9.97 Å². The average Bonchev–Trinajstić information content (AvgIpc) is 2.35. The Morgan fingerprint density at radius 1 is 1.47 bits per heavy atom. The minimum absolute atomic E-state index is 0.0659. The van der Waals surface area contributed by atoms with Gasteiger partial charge < -0.3 is 20.5 Å². The molecule has 17 heavy (non-hydrogen) atoms. The highest BCUT2D eigenvalue weighted by molar-refractivity contribution is 9.10. The van der Waals surface area contributed by atoms with Crippen molar-refractivity contribution in [3.05, 3.63) is 10.7 Å². The number of aliphatic hydroxyl groups excluding tert-OH is 1. The number of nitrogens with zero attached hydrogens (tertiary/aromatic N) is 2. The molecule has 0 saturated carbocycles. The third kappa shape index (κ3) is 5.29. The van der Waals surface area contributed by atoms with Crippen LogP contribution in [0.2, 0.25) is 0 Å². The number of anilines is 2. The summed E-state index contributed by atoms with van der Waals surface area (Å²) in [4.78, 5) is 8.33. The fraction of sp³-hybridized carbons (Fsp3) is 0.600. The average molecular weight is 305 g/mol. The van der Waals surface area contributed by atoms with Gasteiger partial charge in [-0.3, -0.25) is 0 Å². The number of hydrogen-bond acceptors (Lipinski definition) is 6. The van der Waals surface area contributed by atoms with E-state index in [4.69, 9.17) is 9.84 Å². The Morgan fingerprint density at radius 3 is 3.00 bits per heavy atom. The lowest BCUT2D eigenvalue weighted by molar-refractivity contribution is 0.0922. The SMILES string of the molecule is CNc1ncc(Br)c(NCCCOCCO)n1. The molecule has 0 aliphatic carbocycles. The molecule has 0 fully saturated rings. The molecule has 0 bridgehead atoms. The van der Waals surface area contributed by atoms with E-state index in [9.17, 15) is 0 Å². The third-order valence-electron chi connectivity index (χ3n) is 1.96. The topological polar surface area (TPSA) is 79.3 Å². The first kappa shape index (κ1) is 14.1. The van der Waals surface area contributed by atoms with Gasteiger partial charge in [0, 0.05) is 26.4 Å². The van der Waals surface area contributed by atoms with Crippen molar-refractivity contribution in [2.75, 3.05) is 44.0 Å². The van der Waals surface area contributed by atoms with Crippen LogP contribution < -0.4 is 10.6 Å². The van der Waals surface area contributed by atoms with Gasteiger partial charge in [-0.05, 0) is 22.4 Å². The molecule has 0 spiro atoms. The normalized spacial score (nSPS) is 10.3. The molecular formula is C10H17BrN4O2. The molecule has 96 valence electrons. The Hall–Kier alpha value is -0.920. The molecule has 0 unspecified atom stereocenters. The van der Waals surface area contributed by atoms with E-state index in [0.717, 1.165) is 23.3 Å². The van der Waals surface area contributed by atoms with Crippen molar-refractivity contribution in [1.29, 1.82) is 0 Å². The lowest BCUT2D eigenvalue weighted by Gasteiger charge is -2.08. The molecule has 0 aliphatic heterocycles. The molecule has 1 rings (SSSR count). The van der Waals surface area contributed by atoms with Gasteiger partial charge in [-0.15, -0.1) is 0 Å². The second kappa shape index (κ2) is 8.21. The summed E-state index contributed by atoms with van der Waals surface area (Å²) in [7, 11) is 1.77. The zero-order valence-corrected chi connectivity index (χ0v) is 11.3. The van der Waals surface area contributed by atoms with E-state index >= 15 is 0 Å². The summed E-state index contributed by atoms with van der Waals surface area (Å²) in [6.07, 6.45) is 2.55. The first-order valence-electron chi connectivity index (χ1n) is 5.40. The molecule has 1 aromatic heterocycles. The Balaban J connectivity index is 2.30. The molecule has 0 amide bonds. The number of rotatable bonds is 8. The van der Waals surface area contributed by atoms with Crippen molar-refractivity contribution >= 4 is 27.7 Å². The van der Waals surface area contributed by atoms with Crippen LogP contribution in [-0.4, -0.2) is 48.5 Å². The second-order valence-corrected chi connectivity index (χ2v) is 4.11. The second-order valence-electron chi connectivity index (χ2n) is 3.26. The van der Waals surface area contributed by atoms with Crippen LogP contribution >= 0.6 is 15.9 Å². The Labute approximate surface area is 109 Å². The minimum atomic E-state index is 0.0659. The summed E-state index contributed by atoms with van der Waals surface area (Å²) >= 11 is 3.37. The van der Waals surface area contributed by atoms with Crippen LogP contribution in [0.25, 0.3) is 0 Å². The molecule has 7 heteroatoms. The van der Waals surface area contributed by atoms with Gasteiger partial charge >= 0.3 is 0 Å². The number of hydrogen-bond donors (Lipinski definition) is 3. The van der Waals surface area contributed by atoms with Crippen LogP contribution in [0.4, 0.5) is 11.8 Å². The monoisotopic (exact) mass is 304 g/mol. The molecule has 0 aromatic carbocycles. The van der Waals surface area contributed by atoms with Gasteiger partial charge in [-0.2, -0.15) is 4.98 Å². The van der Waals surface area contributed by atoms with Gasteiger partial charge in [0.2, 0.25) is 5.95 Å². The molecule has 0 radical (unpaired) electrons. The highest BCUT2D eigenvalue weighted by Gasteiger charge is 2.02. The van der Waals surface area contributed by atoms with Gasteiger partial charge in [-0.25, -0.2) is 4.98 Å². The number of aliphatic hydroxyl groups is 1. The third-order valence-corrected chi connectivity index (χ3v) is 2.54. The van der Waals surface area contributed by atoms with Crippen molar-refractivity contribution in [3.8, 4) is 0 Å². The number of halogens is 1. The summed E-state index contributed by atoms with van der Waals surface area (Å²) < 4.78 is 5.98. The lowest BCUT2D eigenvalue weighted by Crippen LogP contribution is -2.10. The first-order valence-corrected chi connectivity index (χ1v) is 6.20. The molecule has 0 atom stereocenters. The molecule has 3 N–H and O–H groups in total. The smallest absolute Gasteiger partial charge is 0.224 e. The lowest BCUT2D eigenvalue weighted by atomic mass is 10.4. The van der Waals surface area contributed by atoms with Crippen molar-refractivity contribution < 1.29 is 9.84 Å². The molecule has 0 saturated heterocycles. The highest BCUT2D eigenvalue weighted by atomic mass is 79.9. The summed E-state index contributed by atoms with van der Waals surface area (Å²) in [6.45, 7) is 1.83. The van der Waals surface area contributed by atoms with Crippen molar-refractivity contribution in [3.63, 3.8) is 0 Å². The largest absolute Gasteiger partial charge is 0.394 e. The van der Waals surface area contributed by atoms with E-state index in [1.807, 2.05) is 0 Å². The van der Waals surface area contributed by atoms with Crippen molar-refractivity contribution in [2.45, 2.75) is 6.42 Å². The fourth-order valence-electron chi connectivity index (χ4n) is 1.16. The maximum atomic E-state index is 8.52. The van der Waals surface area contributed by atoms with Gasteiger partial charge in [0.25, 0.3) is 0 Å². The van der Waals surface area contributed by atoms with E-state index in [0.29, 0.717) is 19.2 Å². The Bertz CT molecular complexity index is 338. The van der Waals surface area contributed by atoms with Crippen LogP contribution in [0.15, 0.2) is 10.7 Å². The van der Waals surface area contributed by atoms with Gasteiger partial charge in [0.15, 0.2) is 0 Å². The van der Waals surface area contributed by atoms with Crippen LogP contribution in [-0.2, 0) is 4.74 Å². The summed E-state index contributed by atoms with van der Waals surface area (Å²) in [5.74, 6) is 1.33. The number of nitrogens with one attached hydrogen (secondary N) is 2. The summed E-state index contributed by atoms with van der Waals surface area (Å²) in [5.41, 5.74) is 0.